The van der Waals surface area contributed by atoms with E-state index < -0.39 is 0 Å². The third-order valence-corrected chi connectivity index (χ3v) is 4.53. The fraction of sp³-hybridized carbons (Fsp3) is 0.500. The van der Waals surface area contributed by atoms with Crippen molar-refractivity contribution < 1.29 is 4.74 Å². The molecule has 0 radical (unpaired) electrons. The Morgan fingerprint density at radius 3 is 2.95 bits per heavy atom. The molecular formula is C18H25N3O. The van der Waals surface area contributed by atoms with Gasteiger partial charge in [0.15, 0.2) is 0 Å². The molecular weight excluding hydrogens is 274 g/mol. The molecule has 0 amide bonds. The maximum absolute atomic E-state index is 5.21. The van der Waals surface area contributed by atoms with Crippen LogP contribution in [0, 0.1) is 0 Å². The van der Waals surface area contributed by atoms with Gasteiger partial charge >= 0.3 is 0 Å². The molecule has 0 spiro atoms. The summed E-state index contributed by atoms with van der Waals surface area (Å²) in [5, 5.41) is 7.17. The summed E-state index contributed by atoms with van der Waals surface area (Å²) in [7, 11) is 1.71. The van der Waals surface area contributed by atoms with E-state index in [9.17, 15) is 0 Å². The summed E-state index contributed by atoms with van der Waals surface area (Å²) >= 11 is 0. The van der Waals surface area contributed by atoms with Gasteiger partial charge in [-0.05, 0) is 42.5 Å². The molecule has 1 aromatic carbocycles. The van der Waals surface area contributed by atoms with Crippen molar-refractivity contribution in [3.63, 3.8) is 0 Å². The molecule has 4 heteroatoms. The molecule has 1 aromatic heterocycles. The zero-order chi connectivity index (χ0) is 15.5. The molecule has 0 atom stereocenters. The third kappa shape index (κ3) is 3.23. The fourth-order valence-electron chi connectivity index (χ4n) is 3.16. The fourth-order valence-corrected chi connectivity index (χ4v) is 3.16. The lowest BCUT2D eigenvalue weighted by atomic mass is 9.94. The highest BCUT2D eigenvalue weighted by Gasteiger charge is 2.18. The van der Waals surface area contributed by atoms with Crippen LogP contribution in [0.1, 0.15) is 41.8 Å². The lowest BCUT2D eigenvalue weighted by Crippen LogP contribution is -2.35. The van der Waals surface area contributed by atoms with Crippen LogP contribution in [0.2, 0.25) is 0 Å². The molecule has 0 unspecified atom stereocenters. The van der Waals surface area contributed by atoms with E-state index in [0.29, 0.717) is 12.6 Å². The van der Waals surface area contributed by atoms with Crippen LogP contribution < -0.4 is 0 Å². The van der Waals surface area contributed by atoms with Crippen molar-refractivity contribution in [1.29, 1.82) is 0 Å². The summed E-state index contributed by atoms with van der Waals surface area (Å²) in [5.74, 6) is 0. The lowest BCUT2D eigenvalue weighted by molar-refractivity contribution is 0.181. The Morgan fingerprint density at radius 1 is 1.32 bits per heavy atom. The average molecular weight is 299 g/mol. The van der Waals surface area contributed by atoms with E-state index in [0.717, 1.165) is 31.6 Å². The van der Waals surface area contributed by atoms with E-state index in [1.54, 1.807) is 7.11 Å². The second-order valence-electron chi connectivity index (χ2n) is 6.40. The van der Waals surface area contributed by atoms with E-state index in [1.165, 1.54) is 22.3 Å². The second-order valence-corrected chi connectivity index (χ2v) is 6.40. The van der Waals surface area contributed by atoms with Crippen molar-refractivity contribution in [2.45, 2.75) is 45.9 Å². The molecule has 1 aliphatic rings. The van der Waals surface area contributed by atoms with Crippen LogP contribution in [0.3, 0.4) is 0 Å². The van der Waals surface area contributed by atoms with E-state index in [4.69, 9.17) is 4.74 Å². The predicted molar refractivity (Wildman–Crippen MR) is 87.8 cm³/mol. The zero-order valence-electron chi connectivity index (χ0n) is 13.7. The first-order chi connectivity index (χ1) is 10.7. The minimum atomic E-state index is 0.587. The van der Waals surface area contributed by atoms with Crippen LogP contribution in [-0.2, 0) is 30.7 Å². The first-order valence-electron chi connectivity index (χ1n) is 8.02. The van der Waals surface area contributed by atoms with Gasteiger partial charge in [0.1, 0.15) is 0 Å². The molecule has 2 heterocycles. The van der Waals surface area contributed by atoms with Crippen molar-refractivity contribution in [3.8, 4) is 0 Å². The molecule has 2 aromatic rings. The average Bonchev–Trinajstić information content (AvgIpc) is 2.94. The monoisotopic (exact) mass is 299 g/mol. The molecule has 4 nitrogen and oxygen atoms in total. The standard InChI is InChI=1S/C18H25N3O/c1-13(2)21-7-6-15-8-14(4-5-16(15)11-21)9-17-10-19-20-18(17)12-22-3/h4-5,8,10,13H,6-7,9,11-12H2,1-3H3,(H,19,20). The number of ether oxygens (including phenoxy) is 1. The minimum Gasteiger partial charge on any atom is -0.378 e. The minimum absolute atomic E-state index is 0.587. The maximum atomic E-state index is 5.21. The molecule has 0 bridgehead atoms. The Balaban J connectivity index is 1.76. The van der Waals surface area contributed by atoms with Crippen molar-refractivity contribution >= 4 is 0 Å². The van der Waals surface area contributed by atoms with Crippen LogP contribution in [0.25, 0.3) is 0 Å². The summed E-state index contributed by atoms with van der Waals surface area (Å²) in [6.07, 6.45) is 3.97. The highest BCUT2D eigenvalue weighted by Crippen LogP contribution is 2.23. The molecule has 0 saturated heterocycles. The molecule has 3 rings (SSSR count). The van der Waals surface area contributed by atoms with Gasteiger partial charge in [-0.3, -0.25) is 10.00 Å². The largest absolute Gasteiger partial charge is 0.378 e. The van der Waals surface area contributed by atoms with Crippen molar-refractivity contribution in [1.82, 2.24) is 15.1 Å². The number of rotatable bonds is 5. The SMILES string of the molecule is COCc1[nH]ncc1Cc1ccc2c(c1)CCN(C(C)C)C2. The second kappa shape index (κ2) is 6.63. The summed E-state index contributed by atoms with van der Waals surface area (Å²) in [4.78, 5) is 2.54. The van der Waals surface area contributed by atoms with Gasteiger partial charge in [-0.1, -0.05) is 18.2 Å². The van der Waals surface area contributed by atoms with Gasteiger partial charge in [0.05, 0.1) is 18.5 Å². The van der Waals surface area contributed by atoms with Gasteiger partial charge in [0.25, 0.3) is 0 Å². The summed E-state index contributed by atoms with van der Waals surface area (Å²) in [6, 6.07) is 7.55. The van der Waals surface area contributed by atoms with Gasteiger partial charge in [-0.15, -0.1) is 0 Å². The van der Waals surface area contributed by atoms with Crippen LogP contribution in [-0.4, -0.2) is 34.8 Å². The highest BCUT2D eigenvalue weighted by molar-refractivity contribution is 5.36. The van der Waals surface area contributed by atoms with Crippen molar-refractivity contribution in [2.24, 2.45) is 0 Å². The molecule has 22 heavy (non-hydrogen) atoms. The van der Waals surface area contributed by atoms with Crippen LogP contribution >= 0.6 is 0 Å². The van der Waals surface area contributed by atoms with E-state index in [1.807, 2.05) is 6.20 Å². The van der Waals surface area contributed by atoms with Gasteiger partial charge in [-0.2, -0.15) is 5.10 Å². The summed E-state index contributed by atoms with van der Waals surface area (Å²) in [6.45, 7) is 7.37. The topological polar surface area (TPSA) is 41.1 Å². The number of fused-ring (bicyclic) bond motifs is 1. The Hall–Kier alpha value is -1.65. The summed E-state index contributed by atoms with van der Waals surface area (Å²) in [5.41, 5.74) is 6.64. The Morgan fingerprint density at radius 2 is 2.18 bits per heavy atom. The number of methoxy groups -OCH3 is 1. The van der Waals surface area contributed by atoms with Crippen LogP contribution in [0.5, 0.6) is 0 Å². The maximum Gasteiger partial charge on any atom is 0.0881 e. The first-order valence-corrected chi connectivity index (χ1v) is 8.02. The van der Waals surface area contributed by atoms with Gasteiger partial charge in [0, 0.05) is 32.7 Å². The first kappa shape index (κ1) is 15.3. The smallest absolute Gasteiger partial charge is 0.0881 e. The number of H-pyrrole nitrogens is 1. The Kier molecular flexibility index (Phi) is 4.60. The van der Waals surface area contributed by atoms with Gasteiger partial charge < -0.3 is 4.74 Å². The third-order valence-electron chi connectivity index (χ3n) is 4.53. The van der Waals surface area contributed by atoms with E-state index >= 15 is 0 Å². The van der Waals surface area contributed by atoms with Crippen molar-refractivity contribution in [3.05, 3.63) is 52.3 Å². The zero-order valence-corrected chi connectivity index (χ0v) is 13.7. The molecule has 0 saturated carbocycles. The van der Waals surface area contributed by atoms with Crippen LogP contribution in [0.4, 0.5) is 0 Å². The number of nitrogens with one attached hydrogen (secondary N) is 1. The number of aromatic nitrogens is 2. The highest BCUT2D eigenvalue weighted by atomic mass is 16.5. The molecule has 1 aliphatic heterocycles. The van der Waals surface area contributed by atoms with Crippen molar-refractivity contribution in [2.75, 3.05) is 13.7 Å². The predicted octanol–water partition coefficient (Wildman–Crippen LogP) is 2.91. The van der Waals surface area contributed by atoms with E-state index in [2.05, 4.69) is 47.1 Å². The van der Waals surface area contributed by atoms with Crippen LogP contribution in [0.15, 0.2) is 24.4 Å². The normalized spacial score (nSPS) is 15.3. The summed E-state index contributed by atoms with van der Waals surface area (Å²) < 4.78 is 5.21. The molecule has 0 aliphatic carbocycles. The molecule has 0 fully saturated rings. The number of benzene rings is 1. The Bertz CT molecular complexity index is 633. The van der Waals surface area contributed by atoms with Gasteiger partial charge in [0.2, 0.25) is 0 Å². The number of hydrogen-bond donors (Lipinski definition) is 1. The van der Waals surface area contributed by atoms with E-state index in [-0.39, 0.29) is 0 Å². The number of hydrogen-bond acceptors (Lipinski definition) is 3. The number of aromatic amines is 1. The molecule has 1 N–H and O–H groups in total. The number of nitrogens with zero attached hydrogens (tertiary/aromatic N) is 2. The van der Waals surface area contributed by atoms with Gasteiger partial charge in [-0.25, -0.2) is 0 Å². The Labute approximate surface area is 132 Å². The molecule has 118 valence electrons. The lowest BCUT2D eigenvalue weighted by Gasteiger charge is -2.32. The quantitative estimate of drug-likeness (QED) is 0.923.